The number of nitrogens with one attached hydrogen (secondary N) is 2. The number of amides is 3. The SMILES string of the molecule is COc1cncc([S+](=O)([O-])Nc2ccc3c(c2)CN(C2CCC(=O)NC2=O)C3=O)c1. The van der Waals surface area contributed by atoms with Crippen molar-refractivity contribution in [3.63, 3.8) is 0 Å². The molecule has 2 aliphatic rings. The van der Waals surface area contributed by atoms with Gasteiger partial charge in [0.05, 0.1) is 25.2 Å². The van der Waals surface area contributed by atoms with Crippen molar-refractivity contribution in [1.82, 2.24) is 15.2 Å². The van der Waals surface area contributed by atoms with E-state index in [1.54, 1.807) is 6.07 Å². The third-order valence-electron chi connectivity index (χ3n) is 5.01. The number of piperidine rings is 1. The maximum Gasteiger partial charge on any atom is 0.255 e. The number of benzene rings is 1. The first kappa shape index (κ1) is 20.0. The van der Waals surface area contributed by atoms with E-state index in [4.69, 9.17) is 4.74 Å². The normalized spacial score (nSPS) is 20.4. The summed E-state index contributed by atoms with van der Waals surface area (Å²) in [6.45, 7) is 0.150. The summed E-state index contributed by atoms with van der Waals surface area (Å²) >= 11 is 0. The highest BCUT2D eigenvalue weighted by Gasteiger charge is 2.39. The standard InChI is InChI=1S/C19H18N4O6S/c1-29-13-7-14(9-20-8-13)30(27,28)22-12-2-3-15-11(6-12)10-23(19(15)26)16-4-5-17(24)21-18(16)25/h2-3,6-9,16H,4-5,10H2,1H3,(H2-,21,22,24,25,26,27,28). The highest BCUT2D eigenvalue weighted by Crippen LogP contribution is 2.31. The largest absolute Gasteiger partial charge is 0.588 e. The molecule has 0 spiro atoms. The Hall–Kier alpha value is -3.31. The van der Waals surface area contributed by atoms with E-state index in [1.165, 1.54) is 42.6 Å². The maximum atomic E-state index is 12.7. The van der Waals surface area contributed by atoms with Gasteiger partial charge in [0.2, 0.25) is 16.7 Å². The van der Waals surface area contributed by atoms with Crippen molar-refractivity contribution in [2.75, 3.05) is 11.8 Å². The van der Waals surface area contributed by atoms with E-state index in [2.05, 4.69) is 15.0 Å². The molecule has 1 aromatic carbocycles. The molecule has 1 fully saturated rings. The van der Waals surface area contributed by atoms with Crippen molar-refractivity contribution in [2.24, 2.45) is 0 Å². The van der Waals surface area contributed by atoms with Crippen molar-refractivity contribution in [2.45, 2.75) is 30.3 Å². The molecule has 1 aromatic heterocycles. The smallest absolute Gasteiger partial charge is 0.255 e. The summed E-state index contributed by atoms with van der Waals surface area (Å²) in [6.07, 6.45) is 3.01. The molecule has 0 aliphatic carbocycles. The second-order valence-electron chi connectivity index (χ2n) is 6.94. The number of fused-ring (bicyclic) bond motifs is 1. The maximum absolute atomic E-state index is 12.7. The van der Waals surface area contributed by atoms with Crippen molar-refractivity contribution >= 4 is 33.8 Å². The Bertz CT molecular complexity index is 1100. The van der Waals surface area contributed by atoms with Crippen LogP contribution in [-0.2, 0) is 30.7 Å². The molecular weight excluding hydrogens is 412 g/mol. The zero-order valence-electron chi connectivity index (χ0n) is 15.9. The van der Waals surface area contributed by atoms with Gasteiger partial charge in [0.15, 0.2) is 10.4 Å². The van der Waals surface area contributed by atoms with Gasteiger partial charge in [-0.25, -0.2) is 4.72 Å². The number of hydrogen-bond donors (Lipinski definition) is 2. The molecule has 2 aromatic rings. The number of anilines is 1. The van der Waals surface area contributed by atoms with Gasteiger partial charge in [-0.1, -0.05) is 4.21 Å². The van der Waals surface area contributed by atoms with Crippen molar-refractivity contribution in [3.8, 4) is 5.75 Å². The Balaban J connectivity index is 1.55. The van der Waals surface area contributed by atoms with Gasteiger partial charge >= 0.3 is 0 Å². The van der Waals surface area contributed by atoms with Crippen molar-refractivity contribution in [3.05, 3.63) is 47.8 Å². The number of hydrogen-bond acceptors (Lipinski definition) is 7. The van der Waals surface area contributed by atoms with E-state index in [9.17, 15) is 23.1 Å². The van der Waals surface area contributed by atoms with E-state index < -0.39 is 22.3 Å². The summed E-state index contributed by atoms with van der Waals surface area (Å²) in [6, 6.07) is 5.17. The third kappa shape index (κ3) is 3.64. The van der Waals surface area contributed by atoms with Crippen LogP contribution >= 0.6 is 0 Å². The van der Waals surface area contributed by atoms with Crippen LogP contribution in [0.25, 0.3) is 0 Å². The molecule has 10 nitrogen and oxygen atoms in total. The van der Waals surface area contributed by atoms with Gasteiger partial charge in [0, 0.05) is 24.6 Å². The van der Waals surface area contributed by atoms with Crippen LogP contribution in [0.5, 0.6) is 5.75 Å². The van der Waals surface area contributed by atoms with Gasteiger partial charge in [-0.05, 0) is 30.2 Å². The van der Waals surface area contributed by atoms with Crippen LogP contribution in [0.3, 0.4) is 0 Å². The predicted octanol–water partition coefficient (Wildman–Crippen LogP) is 0.867. The molecule has 0 bridgehead atoms. The average molecular weight is 430 g/mol. The molecule has 3 amide bonds. The Morgan fingerprint density at radius 1 is 1.27 bits per heavy atom. The fraction of sp³-hybridized carbons (Fsp3) is 0.263. The summed E-state index contributed by atoms with van der Waals surface area (Å²) in [5, 5.41) is 2.24. The lowest BCUT2D eigenvalue weighted by molar-refractivity contribution is -0.136. The number of carbonyl (C=O) groups is 3. The highest BCUT2D eigenvalue weighted by molar-refractivity contribution is 7.98. The Morgan fingerprint density at radius 3 is 2.80 bits per heavy atom. The van der Waals surface area contributed by atoms with Crippen LogP contribution in [0.2, 0.25) is 0 Å². The second-order valence-corrected chi connectivity index (χ2v) is 8.62. The minimum absolute atomic E-state index is 0.0661. The zero-order valence-corrected chi connectivity index (χ0v) is 16.7. The second kappa shape index (κ2) is 7.50. The van der Waals surface area contributed by atoms with Gasteiger partial charge in [-0.3, -0.25) is 24.7 Å². The molecule has 156 valence electrons. The minimum atomic E-state index is -3.92. The number of methoxy groups -OCH3 is 1. The number of nitrogens with zero attached hydrogens (tertiary/aromatic N) is 2. The number of rotatable bonds is 5. The first-order chi connectivity index (χ1) is 14.3. The number of aromatic nitrogens is 1. The minimum Gasteiger partial charge on any atom is -0.588 e. The molecule has 0 saturated carbocycles. The summed E-state index contributed by atoms with van der Waals surface area (Å²) in [5.41, 5.74) is 1.26. The first-order valence-electron chi connectivity index (χ1n) is 9.08. The predicted molar refractivity (Wildman–Crippen MR) is 104 cm³/mol. The van der Waals surface area contributed by atoms with Gasteiger partial charge in [-0.2, -0.15) is 0 Å². The lowest BCUT2D eigenvalue weighted by atomic mass is 10.0. The zero-order chi connectivity index (χ0) is 21.5. The van der Waals surface area contributed by atoms with E-state index in [1.807, 2.05) is 0 Å². The molecule has 2 N–H and O–H groups in total. The summed E-state index contributed by atoms with van der Waals surface area (Å²) in [4.78, 5) is 41.4. The molecule has 3 heterocycles. The molecule has 30 heavy (non-hydrogen) atoms. The molecule has 4 rings (SSSR count). The number of carbonyl (C=O) groups excluding carboxylic acids is 3. The van der Waals surface area contributed by atoms with Crippen molar-refractivity contribution < 1.29 is 27.9 Å². The Labute approximate surface area is 173 Å². The van der Waals surface area contributed by atoms with Gasteiger partial charge < -0.3 is 14.2 Å². The van der Waals surface area contributed by atoms with Crippen LogP contribution in [0.1, 0.15) is 28.8 Å². The van der Waals surface area contributed by atoms with Gasteiger partial charge in [0.25, 0.3) is 5.91 Å². The van der Waals surface area contributed by atoms with Crippen LogP contribution in [0, 0.1) is 0 Å². The Morgan fingerprint density at radius 2 is 2.07 bits per heavy atom. The highest BCUT2D eigenvalue weighted by atomic mass is 32.3. The molecule has 2 aliphatic heterocycles. The van der Waals surface area contributed by atoms with Crippen LogP contribution < -0.4 is 14.8 Å². The monoisotopic (exact) mass is 430 g/mol. The fourth-order valence-electron chi connectivity index (χ4n) is 3.51. The summed E-state index contributed by atoms with van der Waals surface area (Å²) < 4.78 is 32.8. The van der Waals surface area contributed by atoms with E-state index in [-0.39, 0.29) is 41.8 Å². The van der Waals surface area contributed by atoms with Crippen LogP contribution in [-0.4, -0.2) is 45.3 Å². The number of sulfonamides is 1. The molecule has 2 unspecified atom stereocenters. The quantitative estimate of drug-likeness (QED) is 0.529. The average Bonchev–Trinajstić information content (AvgIpc) is 3.03. The van der Waals surface area contributed by atoms with Gasteiger partial charge in [-0.15, -0.1) is 0 Å². The topological polar surface area (TPSA) is 141 Å². The van der Waals surface area contributed by atoms with Crippen LogP contribution in [0.15, 0.2) is 41.6 Å². The van der Waals surface area contributed by atoms with Crippen molar-refractivity contribution in [1.29, 1.82) is 0 Å². The van der Waals surface area contributed by atoms with Gasteiger partial charge in [0.1, 0.15) is 11.8 Å². The third-order valence-corrected chi connectivity index (χ3v) is 6.36. The first-order valence-corrected chi connectivity index (χ1v) is 10.6. The number of pyridine rings is 1. The lowest BCUT2D eigenvalue weighted by Crippen LogP contribution is -2.52. The molecule has 11 heteroatoms. The van der Waals surface area contributed by atoms with E-state index in [0.29, 0.717) is 16.9 Å². The lowest BCUT2D eigenvalue weighted by Gasteiger charge is -2.29. The molecular formula is C19H18N4O6S. The molecule has 1 saturated heterocycles. The fourth-order valence-corrected chi connectivity index (χ4v) is 4.54. The number of ether oxygens (including phenoxy) is 1. The summed E-state index contributed by atoms with van der Waals surface area (Å²) in [7, 11) is -2.51. The summed E-state index contributed by atoms with van der Waals surface area (Å²) in [5.74, 6) is -0.883. The number of imide groups is 1. The van der Waals surface area contributed by atoms with Crippen LogP contribution in [0.4, 0.5) is 5.69 Å². The van der Waals surface area contributed by atoms with E-state index in [0.717, 1.165) is 0 Å². The molecule has 0 radical (unpaired) electrons. The van der Waals surface area contributed by atoms with E-state index >= 15 is 0 Å². The molecule has 2 atom stereocenters. The Kier molecular flexibility index (Phi) is 5.00.